The maximum atomic E-state index is 12.2. The van der Waals surface area contributed by atoms with Crippen LogP contribution >= 0.6 is 11.3 Å². The molecule has 2 heterocycles. The number of tetrazole rings is 1. The van der Waals surface area contributed by atoms with E-state index in [0.29, 0.717) is 12.2 Å². The zero-order valence-electron chi connectivity index (χ0n) is 13.6. The maximum Gasteiger partial charge on any atom is 0.244 e. The van der Waals surface area contributed by atoms with Gasteiger partial charge in [-0.2, -0.15) is 16.1 Å². The first-order chi connectivity index (χ1) is 12.1. The SMILES string of the molecule is CC(=O)[C@H](Cc1ccccc1)NC(=O)Cn1nnc(-c2ccsc2)n1. The fourth-order valence-electron chi connectivity index (χ4n) is 2.33. The molecule has 1 aromatic carbocycles. The number of ketones is 1. The van der Waals surface area contributed by atoms with Crippen molar-refractivity contribution in [2.24, 2.45) is 0 Å². The van der Waals surface area contributed by atoms with Gasteiger partial charge in [-0.25, -0.2) is 0 Å². The van der Waals surface area contributed by atoms with Crippen LogP contribution in [0.1, 0.15) is 12.5 Å². The average Bonchev–Trinajstić information content (AvgIpc) is 3.26. The van der Waals surface area contributed by atoms with E-state index in [1.54, 1.807) is 0 Å². The summed E-state index contributed by atoms with van der Waals surface area (Å²) in [6, 6.07) is 10.9. The third-order valence-electron chi connectivity index (χ3n) is 3.63. The molecule has 0 aliphatic carbocycles. The zero-order chi connectivity index (χ0) is 17.6. The highest BCUT2D eigenvalue weighted by Gasteiger charge is 2.18. The number of benzene rings is 1. The smallest absolute Gasteiger partial charge is 0.244 e. The molecule has 8 heteroatoms. The number of thiophene rings is 1. The molecule has 0 bridgehead atoms. The number of amides is 1. The van der Waals surface area contributed by atoms with Crippen LogP contribution in [0.3, 0.4) is 0 Å². The molecule has 0 aliphatic heterocycles. The van der Waals surface area contributed by atoms with Gasteiger partial charge in [-0.1, -0.05) is 30.3 Å². The molecule has 1 atom stereocenters. The minimum Gasteiger partial charge on any atom is -0.344 e. The van der Waals surface area contributed by atoms with Gasteiger partial charge in [0.15, 0.2) is 5.78 Å². The van der Waals surface area contributed by atoms with Crippen LogP contribution in [-0.4, -0.2) is 37.9 Å². The van der Waals surface area contributed by atoms with Crippen LogP contribution in [0, 0.1) is 0 Å². The fraction of sp³-hybridized carbons (Fsp3) is 0.235. The summed E-state index contributed by atoms with van der Waals surface area (Å²) < 4.78 is 0. The molecule has 25 heavy (non-hydrogen) atoms. The molecule has 0 radical (unpaired) electrons. The first kappa shape index (κ1) is 17.0. The second-order valence-corrected chi connectivity index (χ2v) is 6.36. The van der Waals surface area contributed by atoms with Crippen molar-refractivity contribution in [3.63, 3.8) is 0 Å². The van der Waals surface area contributed by atoms with E-state index in [-0.39, 0.29) is 18.2 Å². The molecule has 0 aliphatic rings. The van der Waals surface area contributed by atoms with Gasteiger partial charge in [-0.05, 0) is 35.6 Å². The minimum absolute atomic E-state index is 0.0876. The van der Waals surface area contributed by atoms with Gasteiger partial charge < -0.3 is 5.32 Å². The average molecular weight is 355 g/mol. The van der Waals surface area contributed by atoms with E-state index in [4.69, 9.17) is 0 Å². The van der Waals surface area contributed by atoms with E-state index in [1.807, 2.05) is 47.2 Å². The monoisotopic (exact) mass is 355 g/mol. The second-order valence-electron chi connectivity index (χ2n) is 5.58. The van der Waals surface area contributed by atoms with E-state index >= 15 is 0 Å². The van der Waals surface area contributed by atoms with Gasteiger partial charge in [0, 0.05) is 10.9 Å². The zero-order valence-corrected chi connectivity index (χ0v) is 14.4. The largest absolute Gasteiger partial charge is 0.344 e. The maximum absolute atomic E-state index is 12.2. The van der Waals surface area contributed by atoms with Gasteiger partial charge in [0.1, 0.15) is 6.54 Å². The van der Waals surface area contributed by atoms with Gasteiger partial charge in [-0.3, -0.25) is 9.59 Å². The van der Waals surface area contributed by atoms with Crippen molar-refractivity contribution >= 4 is 23.0 Å². The molecule has 3 aromatic rings. The van der Waals surface area contributed by atoms with Crippen LogP contribution in [0.25, 0.3) is 11.4 Å². The van der Waals surface area contributed by atoms with Crippen LogP contribution in [-0.2, 0) is 22.6 Å². The molecule has 3 rings (SSSR count). The number of Topliss-reactive ketones (excluding diaryl/α,β-unsaturated/α-hetero) is 1. The predicted octanol–water partition coefficient (Wildman–Crippen LogP) is 1.72. The Labute approximate surface area is 148 Å². The molecule has 0 unspecified atom stereocenters. The first-order valence-electron chi connectivity index (χ1n) is 7.76. The molecule has 128 valence electrons. The number of nitrogens with zero attached hydrogens (tertiary/aromatic N) is 4. The number of hydrogen-bond donors (Lipinski definition) is 1. The quantitative estimate of drug-likeness (QED) is 0.697. The van der Waals surface area contributed by atoms with Gasteiger partial charge in [0.2, 0.25) is 11.7 Å². The van der Waals surface area contributed by atoms with E-state index < -0.39 is 6.04 Å². The Morgan fingerprint density at radius 2 is 2.04 bits per heavy atom. The molecule has 2 aromatic heterocycles. The fourth-order valence-corrected chi connectivity index (χ4v) is 2.97. The number of nitrogens with one attached hydrogen (secondary N) is 1. The lowest BCUT2D eigenvalue weighted by Crippen LogP contribution is -2.43. The van der Waals surface area contributed by atoms with Crippen LogP contribution in [0.5, 0.6) is 0 Å². The highest BCUT2D eigenvalue weighted by atomic mass is 32.1. The molecular weight excluding hydrogens is 338 g/mol. The Hall–Kier alpha value is -2.87. The highest BCUT2D eigenvalue weighted by molar-refractivity contribution is 7.08. The second kappa shape index (κ2) is 7.80. The number of aromatic nitrogens is 4. The summed E-state index contributed by atoms with van der Waals surface area (Å²) in [4.78, 5) is 25.3. The Morgan fingerprint density at radius 1 is 1.24 bits per heavy atom. The number of carbonyl (C=O) groups is 2. The summed E-state index contributed by atoms with van der Waals surface area (Å²) in [6.45, 7) is 1.38. The van der Waals surface area contributed by atoms with Crippen molar-refractivity contribution in [1.82, 2.24) is 25.5 Å². The number of hydrogen-bond acceptors (Lipinski definition) is 6. The van der Waals surface area contributed by atoms with E-state index in [9.17, 15) is 9.59 Å². The summed E-state index contributed by atoms with van der Waals surface area (Å²) in [5.74, 6) is 0.0505. The van der Waals surface area contributed by atoms with E-state index in [0.717, 1.165) is 11.1 Å². The normalized spacial score (nSPS) is 11.9. The van der Waals surface area contributed by atoms with Crippen molar-refractivity contribution in [3.05, 3.63) is 52.7 Å². The van der Waals surface area contributed by atoms with Crippen molar-refractivity contribution in [1.29, 1.82) is 0 Å². The van der Waals surface area contributed by atoms with Crippen LogP contribution in [0.2, 0.25) is 0 Å². The van der Waals surface area contributed by atoms with Gasteiger partial charge >= 0.3 is 0 Å². The molecule has 0 saturated heterocycles. The minimum atomic E-state index is -0.574. The van der Waals surface area contributed by atoms with Crippen LogP contribution in [0.15, 0.2) is 47.2 Å². The molecule has 1 N–H and O–H groups in total. The summed E-state index contributed by atoms with van der Waals surface area (Å²) in [7, 11) is 0. The van der Waals surface area contributed by atoms with Crippen LogP contribution < -0.4 is 5.32 Å². The summed E-state index contributed by atoms with van der Waals surface area (Å²) >= 11 is 1.54. The standard InChI is InChI=1S/C17H17N5O2S/c1-12(23)15(9-13-5-3-2-4-6-13)18-16(24)10-22-20-17(19-21-22)14-7-8-25-11-14/h2-8,11,15H,9-10H2,1H3,(H,18,24)/t15-/m0/s1. The Bertz CT molecular complexity index is 845. The number of rotatable bonds is 7. The third kappa shape index (κ3) is 4.57. The first-order valence-corrected chi connectivity index (χ1v) is 8.70. The molecule has 7 nitrogen and oxygen atoms in total. The van der Waals surface area contributed by atoms with Crippen molar-refractivity contribution in [3.8, 4) is 11.4 Å². The molecule has 0 saturated carbocycles. The Morgan fingerprint density at radius 3 is 2.72 bits per heavy atom. The number of carbonyl (C=O) groups excluding carboxylic acids is 2. The Balaban J connectivity index is 1.61. The lowest BCUT2D eigenvalue weighted by Gasteiger charge is -2.15. The predicted molar refractivity (Wildman–Crippen MR) is 93.9 cm³/mol. The molecule has 0 fully saturated rings. The molecule has 0 spiro atoms. The van der Waals surface area contributed by atoms with Crippen molar-refractivity contribution in [2.75, 3.05) is 0 Å². The third-order valence-corrected chi connectivity index (χ3v) is 4.31. The van der Waals surface area contributed by atoms with E-state index in [1.165, 1.54) is 23.1 Å². The topological polar surface area (TPSA) is 89.8 Å². The molecule has 1 amide bonds. The lowest BCUT2D eigenvalue weighted by atomic mass is 10.0. The van der Waals surface area contributed by atoms with Crippen LogP contribution in [0.4, 0.5) is 0 Å². The van der Waals surface area contributed by atoms with Gasteiger partial charge in [-0.15, -0.1) is 10.2 Å². The highest BCUT2D eigenvalue weighted by Crippen LogP contribution is 2.16. The summed E-state index contributed by atoms with van der Waals surface area (Å²) in [6.07, 6.45) is 0.451. The van der Waals surface area contributed by atoms with Gasteiger partial charge in [0.25, 0.3) is 0 Å². The van der Waals surface area contributed by atoms with Gasteiger partial charge in [0.05, 0.1) is 6.04 Å². The van der Waals surface area contributed by atoms with E-state index in [2.05, 4.69) is 20.7 Å². The Kier molecular flexibility index (Phi) is 5.30. The van der Waals surface area contributed by atoms with Crippen molar-refractivity contribution in [2.45, 2.75) is 25.9 Å². The summed E-state index contributed by atoms with van der Waals surface area (Å²) in [5, 5.41) is 18.6. The van der Waals surface area contributed by atoms with Crippen molar-refractivity contribution < 1.29 is 9.59 Å². The summed E-state index contributed by atoms with van der Waals surface area (Å²) in [5.41, 5.74) is 1.85. The lowest BCUT2D eigenvalue weighted by molar-refractivity contribution is -0.127. The molecular formula is C17H17N5O2S.